The zero-order valence-electron chi connectivity index (χ0n) is 14.8. The van der Waals surface area contributed by atoms with Gasteiger partial charge in [0.15, 0.2) is 11.6 Å². The van der Waals surface area contributed by atoms with E-state index in [1.807, 2.05) is 0 Å². The van der Waals surface area contributed by atoms with Crippen molar-refractivity contribution in [3.63, 3.8) is 0 Å². The lowest BCUT2D eigenvalue weighted by atomic mass is 9.80. The van der Waals surface area contributed by atoms with Crippen LogP contribution in [0.5, 0.6) is 5.75 Å². The van der Waals surface area contributed by atoms with Crippen molar-refractivity contribution < 1.29 is 22.3 Å². The molecule has 1 aliphatic rings. The number of halogens is 4. The minimum Gasteiger partial charge on any atom is -0.493 e. The number of nitrogens with one attached hydrogen (secondary N) is 2. The SMILES string of the molecule is COc1cccnc1Nc1ccc(F)c(C2(C)NC(N)CC2C(F)(F)F)c1. The minimum absolute atomic E-state index is 0.113. The third-order valence-electron chi connectivity index (χ3n) is 4.85. The first-order valence-corrected chi connectivity index (χ1v) is 8.31. The molecule has 3 unspecified atom stereocenters. The third kappa shape index (κ3) is 3.70. The van der Waals surface area contributed by atoms with E-state index in [1.54, 1.807) is 12.1 Å². The summed E-state index contributed by atoms with van der Waals surface area (Å²) in [4.78, 5) is 4.13. The summed E-state index contributed by atoms with van der Waals surface area (Å²) in [6.07, 6.45) is -4.19. The third-order valence-corrected chi connectivity index (χ3v) is 4.85. The van der Waals surface area contributed by atoms with Crippen molar-refractivity contribution >= 4 is 11.5 Å². The van der Waals surface area contributed by atoms with E-state index in [-0.39, 0.29) is 12.0 Å². The van der Waals surface area contributed by atoms with Crippen LogP contribution in [-0.4, -0.2) is 24.4 Å². The van der Waals surface area contributed by atoms with Gasteiger partial charge in [0, 0.05) is 17.4 Å². The second-order valence-electron chi connectivity index (χ2n) is 6.66. The lowest BCUT2D eigenvalue weighted by Crippen LogP contribution is -2.47. The first kappa shape index (κ1) is 19.4. The highest BCUT2D eigenvalue weighted by molar-refractivity contribution is 5.63. The molecule has 3 atom stereocenters. The van der Waals surface area contributed by atoms with E-state index in [2.05, 4.69) is 15.6 Å². The average Bonchev–Trinajstić information content (AvgIpc) is 2.93. The Morgan fingerprint density at radius 2 is 2.07 bits per heavy atom. The predicted molar refractivity (Wildman–Crippen MR) is 93.1 cm³/mol. The van der Waals surface area contributed by atoms with Crippen LogP contribution in [0.4, 0.5) is 29.1 Å². The van der Waals surface area contributed by atoms with Gasteiger partial charge in [-0.1, -0.05) is 0 Å². The van der Waals surface area contributed by atoms with Crippen molar-refractivity contribution in [1.82, 2.24) is 10.3 Å². The second kappa shape index (κ2) is 6.97. The highest BCUT2D eigenvalue weighted by atomic mass is 19.4. The molecular formula is C18H20F4N4O. The van der Waals surface area contributed by atoms with E-state index in [4.69, 9.17) is 10.5 Å². The molecule has 0 aliphatic carbocycles. The van der Waals surface area contributed by atoms with Crippen molar-refractivity contribution in [3.8, 4) is 5.75 Å². The van der Waals surface area contributed by atoms with Crippen molar-refractivity contribution in [1.29, 1.82) is 0 Å². The van der Waals surface area contributed by atoms with E-state index in [0.29, 0.717) is 17.3 Å². The predicted octanol–water partition coefficient (Wildman–Crippen LogP) is 3.64. The van der Waals surface area contributed by atoms with Gasteiger partial charge in [0.1, 0.15) is 5.82 Å². The number of hydrogen-bond acceptors (Lipinski definition) is 5. The monoisotopic (exact) mass is 384 g/mol. The Bertz CT molecular complexity index is 829. The Balaban J connectivity index is 2.00. The van der Waals surface area contributed by atoms with E-state index in [9.17, 15) is 17.6 Å². The number of benzene rings is 1. The zero-order valence-corrected chi connectivity index (χ0v) is 14.8. The van der Waals surface area contributed by atoms with Gasteiger partial charge in [0.05, 0.1) is 24.7 Å². The van der Waals surface area contributed by atoms with Gasteiger partial charge in [-0.15, -0.1) is 0 Å². The highest BCUT2D eigenvalue weighted by Gasteiger charge is 2.57. The van der Waals surface area contributed by atoms with Gasteiger partial charge >= 0.3 is 6.18 Å². The number of methoxy groups -OCH3 is 1. The van der Waals surface area contributed by atoms with Gasteiger partial charge in [-0.2, -0.15) is 13.2 Å². The molecule has 146 valence electrons. The standard InChI is InChI=1S/C18H20F4N4O/c1-17(14(18(20,21)22)9-15(23)26-17)11-8-10(5-6-12(11)19)25-16-13(27-2)4-3-7-24-16/h3-8,14-15,26H,9,23H2,1-2H3,(H,24,25). The lowest BCUT2D eigenvalue weighted by Gasteiger charge is -2.34. The maximum absolute atomic E-state index is 14.5. The molecule has 2 heterocycles. The Kier molecular flexibility index (Phi) is 5.00. The smallest absolute Gasteiger partial charge is 0.394 e. The number of aromatic nitrogens is 1. The molecule has 4 N–H and O–H groups in total. The summed E-state index contributed by atoms with van der Waals surface area (Å²) in [6.45, 7) is 1.32. The van der Waals surface area contributed by atoms with Crippen LogP contribution in [0.3, 0.4) is 0 Å². The molecule has 2 aromatic rings. The van der Waals surface area contributed by atoms with Crippen LogP contribution in [0.1, 0.15) is 18.9 Å². The molecule has 1 fully saturated rings. The quantitative estimate of drug-likeness (QED) is 0.702. The van der Waals surface area contributed by atoms with Crippen LogP contribution in [0.15, 0.2) is 36.5 Å². The molecule has 0 radical (unpaired) electrons. The van der Waals surface area contributed by atoms with E-state index < -0.39 is 29.6 Å². The molecule has 9 heteroatoms. The summed E-state index contributed by atoms with van der Waals surface area (Å²) in [6, 6.07) is 7.25. The summed E-state index contributed by atoms with van der Waals surface area (Å²) in [7, 11) is 1.47. The molecule has 0 amide bonds. The average molecular weight is 384 g/mol. The molecule has 0 bridgehead atoms. The molecule has 0 saturated carbocycles. The molecular weight excluding hydrogens is 364 g/mol. The fraction of sp³-hybridized carbons (Fsp3) is 0.389. The Labute approximate surface area is 153 Å². The molecule has 1 aromatic carbocycles. The maximum atomic E-state index is 14.5. The first-order valence-electron chi connectivity index (χ1n) is 8.31. The van der Waals surface area contributed by atoms with Gasteiger partial charge < -0.3 is 15.8 Å². The van der Waals surface area contributed by atoms with Crippen LogP contribution in [0.2, 0.25) is 0 Å². The number of nitrogens with zero attached hydrogens (tertiary/aromatic N) is 1. The van der Waals surface area contributed by atoms with Gasteiger partial charge in [-0.25, -0.2) is 9.37 Å². The van der Waals surface area contributed by atoms with Crippen LogP contribution in [0, 0.1) is 11.7 Å². The number of hydrogen-bond donors (Lipinski definition) is 3. The van der Waals surface area contributed by atoms with Crippen LogP contribution in [0.25, 0.3) is 0 Å². The van der Waals surface area contributed by atoms with Crippen molar-refractivity contribution in [2.24, 2.45) is 11.7 Å². The summed E-state index contributed by atoms with van der Waals surface area (Å²) in [5, 5.41) is 5.66. The molecule has 1 saturated heterocycles. The number of nitrogens with two attached hydrogens (primary N) is 1. The topological polar surface area (TPSA) is 72.2 Å². The van der Waals surface area contributed by atoms with Crippen LogP contribution in [-0.2, 0) is 5.54 Å². The first-order chi connectivity index (χ1) is 12.6. The second-order valence-corrected chi connectivity index (χ2v) is 6.66. The fourth-order valence-electron chi connectivity index (χ4n) is 3.55. The van der Waals surface area contributed by atoms with Gasteiger partial charge in [-0.3, -0.25) is 5.32 Å². The molecule has 5 nitrogen and oxygen atoms in total. The molecule has 1 aliphatic heterocycles. The summed E-state index contributed by atoms with van der Waals surface area (Å²) in [5.74, 6) is -1.74. The van der Waals surface area contributed by atoms with Gasteiger partial charge in [-0.05, 0) is 43.7 Å². The van der Waals surface area contributed by atoms with Gasteiger partial charge in [0.25, 0.3) is 0 Å². The molecule has 3 rings (SSSR count). The van der Waals surface area contributed by atoms with E-state index in [1.165, 1.54) is 32.4 Å². The Morgan fingerprint density at radius 3 is 2.74 bits per heavy atom. The number of ether oxygens (including phenoxy) is 1. The number of anilines is 2. The summed E-state index contributed by atoms with van der Waals surface area (Å²) in [5.41, 5.74) is 4.29. The number of pyridine rings is 1. The van der Waals surface area contributed by atoms with Crippen molar-refractivity contribution in [3.05, 3.63) is 47.9 Å². The Morgan fingerprint density at radius 1 is 1.33 bits per heavy atom. The minimum atomic E-state index is -4.52. The largest absolute Gasteiger partial charge is 0.493 e. The molecule has 0 spiro atoms. The number of alkyl halides is 3. The zero-order chi connectivity index (χ0) is 19.8. The van der Waals surface area contributed by atoms with Crippen LogP contribution >= 0.6 is 0 Å². The lowest BCUT2D eigenvalue weighted by molar-refractivity contribution is -0.188. The van der Waals surface area contributed by atoms with Gasteiger partial charge in [0.2, 0.25) is 0 Å². The summed E-state index contributed by atoms with van der Waals surface area (Å²) < 4.78 is 60.3. The maximum Gasteiger partial charge on any atom is 0.394 e. The summed E-state index contributed by atoms with van der Waals surface area (Å²) >= 11 is 0. The van der Waals surface area contributed by atoms with Crippen molar-refractivity contribution in [2.75, 3.05) is 12.4 Å². The Hall–Kier alpha value is -2.39. The normalized spacial score (nSPS) is 25.4. The van der Waals surface area contributed by atoms with Crippen LogP contribution < -0.4 is 21.1 Å². The van der Waals surface area contributed by atoms with E-state index >= 15 is 0 Å². The van der Waals surface area contributed by atoms with Crippen molar-refractivity contribution in [2.45, 2.75) is 31.2 Å². The fourth-order valence-corrected chi connectivity index (χ4v) is 3.55. The molecule has 1 aromatic heterocycles. The highest BCUT2D eigenvalue weighted by Crippen LogP contribution is 2.47. The number of rotatable bonds is 4. The molecule has 27 heavy (non-hydrogen) atoms. The van der Waals surface area contributed by atoms with E-state index in [0.717, 1.165) is 6.07 Å².